The fraction of sp³-hybridized carbons (Fsp3) is 0.467. The predicted octanol–water partition coefficient (Wildman–Crippen LogP) is 2.13. The number of carbonyl (C=O) groups excluding carboxylic acids is 1. The maximum atomic E-state index is 11.9. The van der Waals surface area contributed by atoms with E-state index in [4.69, 9.17) is 4.74 Å². The van der Waals surface area contributed by atoms with Gasteiger partial charge in [0.05, 0.1) is 0 Å². The molecule has 1 amide bonds. The highest BCUT2D eigenvalue weighted by molar-refractivity contribution is 5.86. The van der Waals surface area contributed by atoms with Gasteiger partial charge in [-0.2, -0.15) is 0 Å². The lowest BCUT2D eigenvalue weighted by atomic mass is 10.1. The number of carboxylic acids is 1. The molecule has 0 aliphatic rings. The maximum absolute atomic E-state index is 11.9. The first kappa shape index (κ1) is 16.2. The van der Waals surface area contributed by atoms with Gasteiger partial charge in [0, 0.05) is 6.61 Å². The zero-order valence-electron chi connectivity index (χ0n) is 11.8. The highest BCUT2D eigenvalue weighted by Gasteiger charge is 2.24. The average Bonchev–Trinajstić information content (AvgIpc) is 2.45. The van der Waals surface area contributed by atoms with Crippen molar-refractivity contribution >= 4 is 11.9 Å². The lowest BCUT2D eigenvalue weighted by molar-refractivity contribution is -0.144. The van der Waals surface area contributed by atoms with Crippen LogP contribution >= 0.6 is 0 Å². The van der Waals surface area contributed by atoms with Gasteiger partial charge < -0.3 is 15.2 Å². The SMILES string of the molecule is CCCCOC(C)C(=O)NC(C(=O)O)c1ccccc1. The Kier molecular flexibility index (Phi) is 6.73. The molecular formula is C15H21NO4. The van der Waals surface area contributed by atoms with Crippen molar-refractivity contribution < 1.29 is 19.4 Å². The number of ether oxygens (including phenoxy) is 1. The summed E-state index contributed by atoms with van der Waals surface area (Å²) in [7, 11) is 0. The van der Waals surface area contributed by atoms with Crippen molar-refractivity contribution in [1.82, 2.24) is 5.32 Å². The van der Waals surface area contributed by atoms with Gasteiger partial charge in [0.2, 0.25) is 5.91 Å². The fourth-order valence-electron chi connectivity index (χ4n) is 1.67. The van der Waals surface area contributed by atoms with E-state index in [1.165, 1.54) is 0 Å². The molecule has 0 fully saturated rings. The van der Waals surface area contributed by atoms with Crippen LogP contribution in [0.4, 0.5) is 0 Å². The summed E-state index contributed by atoms with van der Waals surface area (Å²) in [5, 5.41) is 11.7. The molecule has 110 valence electrons. The molecule has 20 heavy (non-hydrogen) atoms. The minimum atomic E-state index is -1.09. The average molecular weight is 279 g/mol. The van der Waals surface area contributed by atoms with E-state index in [1.807, 2.05) is 6.92 Å². The molecule has 1 aromatic rings. The first-order valence-corrected chi connectivity index (χ1v) is 6.76. The van der Waals surface area contributed by atoms with Gasteiger partial charge >= 0.3 is 5.97 Å². The Hall–Kier alpha value is -1.88. The van der Waals surface area contributed by atoms with E-state index in [1.54, 1.807) is 37.3 Å². The lowest BCUT2D eigenvalue weighted by Gasteiger charge is -2.18. The fourth-order valence-corrected chi connectivity index (χ4v) is 1.67. The summed E-state index contributed by atoms with van der Waals surface area (Å²) >= 11 is 0. The molecule has 2 atom stereocenters. The molecule has 5 heteroatoms. The number of carbonyl (C=O) groups is 2. The van der Waals surface area contributed by atoms with Crippen molar-refractivity contribution in [3.63, 3.8) is 0 Å². The Bertz CT molecular complexity index is 433. The van der Waals surface area contributed by atoms with Crippen LogP contribution in [0.2, 0.25) is 0 Å². The van der Waals surface area contributed by atoms with Crippen LogP contribution in [0.15, 0.2) is 30.3 Å². The zero-order chi connectivity index (χ0) is 15.0. The Morgan fingerprint density at radius 1 is 1.30 bits per heavy atom. The molecule has 0 heterocycles. The summed E-state index contributed by atoms with van der Waals surface area (Å²) in [5.74, 6) is -1.51. The molecule has 0 aliphatic carbocycles. The lowest BCUT2D eigenvalue weighted by Crippen LogP contribution is -2.40. The third kappa shape index (κ3) is 5.01. The van der Waals surface area contributed by atoms with Crippen LogP contribution in [0, 0.1) is 0 Å². The van der Waals surface area contributed by atoms with Gasteiger partial charge in [0.25, 0.3) is 0 Å². The second-order valence-corrected chi connectivity index (χ2v) is 4.56. The van der Waals surface area contributed by atoms with Crippen molar-refractivity contribution in [3.8, 4) is 0 Å². The van der Waals surface area contributed by atoms with Crippen molar-refractivity contribution in [3.05, 3.63) is 35.9 Å². The number of hydrogen-bond donors (Lipinski definition) is 2. The van der Waals surface area contributed by atoms with Crippen molar-refractivity contribution in [1.29, 1.82) is 0 Å². The van der Waals surface area contributed by atoms with Crippen LogP contribution in [-0.4, -0.2) is 29.7 Å². The molecule has 2 N–H and O–H groups in total. The van der Waals surface area contributed by atoms with E-state index < -0.39 is 24.0 Å². The van der Waals surface area contributed by atoms with Crippen LogP contribution < -0.4 is 5.32 Å². The zero-order valence-corrected chi connectivity index (χ0v) is 11.8. The van der Waals surface area contributed by atoms with Crippen molar-refractivity contribution in [2.45, 2.75) is 38.8 Å². The van der Waals surface area contributed by atoms with Crippen LogP contribution in [0.1, 0.15) is 38.3 Å². The summed E-state index contributed by atoms with van der Waals surface area (Å²) in [6.07, 6.45) is 1.20. The number of carboxylic acid groups (broad SMARTS) is 1. The van der Waals surface area contributed by atoms with Crippen LogP contribution in [-0.2, 0) is 14.3 Å². The van der Waals surface area contributed by atoms with E-state index in [9.17, 15) is 14.7 Å². The monoisotopic (exact) mass is 279 g/mol. The number of unbranched alkanes of at least 4 members (excludes halogenated alkanes) is 1. The standard InChI is InChI=1S/C15H21NO4/c1-3-4-10-20-11(2)14(17)16-13(15(18)19)12-8-6-5-7-9-12/h5-9,11,13H,3-4,10H2,1-2H3,(H,16,17)(H,18,19). The molecular weight excluding hydrogens is 258 g/mol. The number of nitrogens with one attached hydrogen (secondary N) is 1. The summed E-state index contributed by atoms with van der Waals surface area (Å²) in [6, 6.07) is 7.54. The predicted molar refractivity (Wildman–Crippen MR) is 75.3 cm³/mol. The molecule has 2 unspecified atom stereocenters. The molecule has 0 aliphatic heterocycles. The number of hydrogen-bond acceptors (Lipinski definition) is 3. The number of rotatable bonds is 8. The van der Waals surface area contributed by atoms with Crippen molar-refractivity contribution in [2.24, 2.45) is 0 Å². The van der Waals surface area contributed by atoms with E-state index >= 15 is 0 Å². The molecule has 0 saturated carbocycles. The Morgan fingerprint density at radius 3 is 2.50 bits per heavy atom. The van der Waals surface area contributed by atoms with Gasteiger partial charge in [-0.3, -0.25) is 4.79 Å². The van der Waals surface area contributed by atoms with Crippen LogP contribution in [0.3, 0.4) is 0 Å². The molecule has 1 rings (SSSR count). The minimum absolute atomic E-state index is 0.419. The highest BCUT2D eigenvalue weighted by atomic mass is 16.5. The molecule has 0 spiro atoms. The second kappa shape index (κ2) is 8.32. The van der Waals surface area contributed by atoms with Crippen LogP contribution in [0.25, 0.3) is 0 Å². The largest absolute Gasteiger partial charge is 0.479 e. The molecule has 0 bridgehead atoms. The summed E-state index contributed by atoms with van der Waals surface area (Å²) in [4.78, 5) is 23.2. The molecule has 5 nitrogen and oxygen atoms in total. The maximum Gasteiger partial charge on any atom is 0.330 e. The van der Waals surface area contributed by atoms with Gasteiger partial charge in [-0.25, -0.2) is 4.79 Å². The Balaban J connectivity index is 2.62. The summed E-state index contributed by atoms with van der Waals surface area (Å²) in [6.45, 7) is 4.15. The van der Waals surface area contributed by atoms with Crippen LogP contribution in [0.5, 0.6) is 0 Å². The first-order chi connectivity index (χ1) is 9.56. The number of amides is 1. The molecule has 0 aromatic heterocycles. The molecule has 0 saturated heterocycles. The van der Waals surface area contributed by atoms with Gasteiger partial charge in [-0.1, -0.05) is 43.7 Å². The van der Waals surface area contributed by atoms with Crippen molar-refractivity contribution in [2.75, 3.05) is 6.61 Å². The van der Waals surface area contributed by atoms with Gasteiger partial charge in [0.1, 0.15) is 6.10 Å². The third-order valence-corrected chi connectivity index (χ3v) is 2.90. The van der Waals surface area contributed by atoms with Gasteiger partial charge in [0.15, 0.2) is 6.04 Å². The summed E-state index contributed by atoms with van der Waals surface area (Å²) in [5.41, 5.74) is 0.536. The van der Waals surface area contributed by atoms with Gasteiger partial charge in [-0.15, -0.1) is 0 Å². The van der Waals surface area contributed by atoms with E-state index in [2.05, 4.69) is 5.32 Å². The Labute approximate surface area is 118 Å². The number of benzene rings is 1. The summed E-state index contributed by atoms with van der Waals surface area (Å²) < 4.78 is 5.36. The number of aliphatic carboxylic acids is 1. The Morgan fingerprint density at radius 2 is 1.95 bits per heavy atom. The smallest absolute Gasteiger partial charge is 0.330 e. The third-order valence-electron chi connectivity index (χ3n) is 2.90. The minimum Gasteiger partial charge on any atom is -0.479 e. The van der Waals surface area contributed by atoms with E-state index in [-0.39, 0.29) is 0 Å². The second-order valence-electron chi connectivity index (χ2n) is 4.56. The quantitative estimate of drug-likeness (QED) is 0.715. The van der Waals surface area contributed by atoms with E-state index in [0.29, 0.717) is 12.2 Å². The molecule has 1 aromatic carbocycles. The molecule has 0 radical (unpaired) electrons. The normalized spacial score (nSPS) is 13.5. The topological polar surface area (TPSA) is 75.6 Å². The highest BCUT2D eigenvalue weighted by Crippen LogP contribution is 2.13. The van der Waals surface area contributed by atoms with E-state index in [0.717, 1.165) is 12.8 Å². The van der Waals surface area contributed by atoms with Gasteiger partial charge in [-0.05, 0) is 18.9 Å². The first-order valence-electron chi connectivity index (χ1n) is 6.76.